The van der Waals surface area contributed by atoms with Gasteiger partial charge in [-0.2, -0.15) is 0 Å². The molecule has 1 aromatic carbocycles. The highest BCUT2D eigenvalue weighted by Crippen LogP contribution is 2.27. The number of fused-ring (bicyclic) bond motifs is 1. The van der Waals surface area contributed by atoms with Gasteiger partial charge in [0.1, 0.15) is 22.7 Å². The topological polar surface area (TPSA) is 58.6 Å². The SMILES string of the molecule is Cc1cccc(OCC(=O)N2CCCN(c3ncnc4sccc34)CC2)c1C. The Bertz CT molecular complexity index is 987. The monoisotopic (exact) mass is 396 g/mol. The molecule has 1 aliphatic rings. The van der Waals surface area contributed by atoms with Crippen LogP contribution in [-0.2, 0) is 4.79 Å². The van der Waals surface area contributed by atoms with E-state index in [2.05, 4.69) is 20.9 Å². The summed E-state index contributed by atoms with van der Waals surface area (Å²) < 4.78 is 5.81. The van der Waals surface area contributed by atoms with E-state index >= 15 is 0 Å². The smallest absolute Gasteiger partial charge is 0.260 e. The van der Waals surface area contributed by atoms with Crippen molar-refractivity contribution in [1.29, 1.82) is 0 Å². The first-order valence-corrected chi connectivity index (χ1v) is 10.4. The molecule has 28 heavy (non-hydrogen) atoms. The first-order valence-electron chi connectivity index (χ1n) is 9.53. The number of carbonyl (C=O) groups excluding carboxylic acids is 1. The minimum absolute atomic E-state index is 0.0334. The third-order valence-corrected chi connectivity index (χ3v) is 6.12. The van der Waals surface area contributed by atoms with E-state index in [4.69, 9.17) is 4.74 Å². The largest absolute Gasteiger partial charge is 0.483 e. The van der Waals surface area contributed by atoms with Crippen LogP contribution in [0.25, 0.3) is 10.2 Å². The van der Waals surface area contributed by atoms with Gasteiger partial charge in [-0.05, 0) is 48.9 Å². The molecular formula is C21H24N4O2S. The molecule has 3 heterocycles. The van der Waals surface area contributed by atoms with Gasteiger partial charge in [-0.15, -0.1) is 11.3 Å². The summed E-state index contributed by atoms with van der Waals surface area (Å²) >= 11 is 1.62. The third kappa shape index (κ3) is 3.80. The molecule has 1 saturated heterocycles. The lowest BCUT2D eigenvalue weighted by atomic mass is 10.1. The molecule has 4 rings (SSSR count). The minimum atomic E-state index is 0.0334. The average Bonchev–Trinajstić information content (AvgIpc) is 3.05. The van der Waals surface area contributed by atoms with Crippen LogP contribution in [0.1, 0.15) is 17.5 Å². The number of nitrogens with zero attached hydrogens (tertiary/aromatic N) is 4. The van der Waals surface area contributed by atoms with Gasteiger partial charge in [-0.3, -0.25) is 4.79 Å². The normalized spacial score (nSPS) is 14.9. The Morgan fingerprint density at radius 1 is 1.14 bits per heavy atom. The zero-order chi connectivity index (χ0) is 19.5. The van der Waals surface area contributed by atoms with Crippen molar-refractivity contribution in [3.05, 3.63) is 47.1 Å². The predicted octanol–water partition coefficient (Wildman–Crippen LogP) is 3.43. The Balaban J connectivity index is 1.39. The van der Waals surface area contributed by atoms with Crippen molar-refractivity contribution in [2.45, 2.75) is 20.3 Å². The van der Waals surface area contributed by atoms with E-state index in [1.807, 2.05) is 42.3 Å². The summed E-state index contributed by atoms with van der Waals surface area (Å²) in [6, 6.07) is 7.99. The van der Waals surface area contributed by atoms with Gasteiger partial charge in [0.2, 0.25) is 0 Å². The van der Waals surface area contributed by atoms with E-state index < -0.39 is 0 Å². The van der Waals surface area contributed by atoms with Crippen molar-refractivity contribution in [3.8, 4) is 5.75 Å². The molecule has 0 atom stereocenters. The molecule has 146 valence electrons. The van der Waals surface area contributed by atoms with Gasteiger partial charge in [-0.25, -0.2) is 9.97 Å². The van der Waals surface area contributed by atoms with Gasteiger partial charge in [-0.1, -0.05) is 12.1 Å². The van der Waals surface area contributed by atoms with Crippen LogP contribution in [0, 0.1) is 13.8 Å². The maximum absolute atomic E-state index is 12.7. The second-order valence-corrected chi connectivity index (χ2v) is 7.94. The number of hydrogen-bond donors (Lipinski definition) is 0. The highest BCUT2D eigenvalue weighted by atomic mass is 32.1. The quantitative estimate of drug-likeness (QED) is 0.676. The van der Waals surface area contributed by atoms with Gasteiger partial charge >= 0.3 is 0 Å². The van der Waals surface area contributed by atoms with E-state index in [1.54, 1.807) is 17.7 Å². The first kappa shape index (κ1) is 18.7. The number of rotatable bonds is 4. The number of thiophene rings is 1. The summed E-state index contributed by atoms with van der Waals surface area (Å²) in [6.45, 7) is 7.19. The number of amides is 1. The molecule has 1 fully saturated rings. The molecule has 0 aliphatic carbocycles. The number of hydrogen-bond acceptors (Lipinski definition) is 6. The van der Waals surface area contributed by atoms with E-state index in [-0.39, 0.29) is 12.5 Å². The molecule has 3 aromatic rings. The fourth-order valence-corrected chi connectivity index (χ4v) is 4.25. The Kier molecular flexibility index (Phi) is 5.43. The molecule has 0 radical (unpaired) electrons. The van der Waals surface area contributed by atoms with Crippen LogP contribution >= 0.6 is 11.3 Å². The Hall–Kier alpha value is -2.67. The zero-order valence-electron chi connectivity index (χ0n) is 16.2. The summed E-state index contributed by atoms with van der Waals surface area (Å²) in [5.41, 5.74) is 2.25. The van der Waals surface area contributed by atoms with Crippen molar-refractivity contribution in [1.82, 2.24) is 14.9 Å². The van der Waals surface area contributed by atoms with Gasteiger partial charge in [0.15, 0.2) is 6.61 Å². The molecule has 6 nitrogen and oxygen atoms in total. The molecule has 0 spiro atoms. The third-order valence-electron chi connectivity index (χ3n) is 5.29. The van der Waals surface area contributed by atoms with E-state index in [0.717, 1.165) is 53.4 Å². The molecule has 1 aliphatic heterocycles. The van der Waals surface area contributed by atoms with Crippen LogP contribution in [0.4, 0.5) is 5.82 Å². The molecule has 2 aromatic heterocycles. The first-order chi connectivity index (χ1) is 13.6. The van der Waals surface area contributed by atoms with Gasteiger partial charge in [0, 0.05) is 26.2 Å². The summed E-state index contributed by atoms with van der Waals surface area (Å²) in [5.74, 6) is 1.78. The van der Waals surface area contributed by atoms with Crippen molar-refractivity contribution in [2.24, 2.45) is 0 Å². The Labute approximate surface area is 168 Å². The zero-order valence-corrected chi connectivity index (χ0v) is 17.0. The van der Waals surface area contributed by atoms with Crippen molar-refractivity contribution < 1.29 is 9.53 Å². The van der Waals surface area contributed by atoms with Gasteiger partial charge in [0.05, 0.1) is 5.39 Å². The fourth-order valence-electron chi connectivity index (χ4n) is 3.52. The van der Waals surface area contributed by atoms with Crippen LogP contribution in [0.3, 0.4) is 0 Å². The van der Waals surface area contributed by atoms with Crippen LogP contribution in [0.5, 0.6) is 5.75 Å². The number of carbonyl (C=O) groups is 1. The van der Waals surface area contributed by atoms with E-state index in [0.29, 0.717) is 6.54 Å². The molecule has 0 bridgehead atoms. The lowest BCUT2D eigenvalue weighted by Crippen LogP contribution is -2.38. The minimum Gasteiger partial charge on any atom is -0.483 e. The number of anilines is 1. The molecule has 0 N–H and O–H groups in total. The van der Waals surface area contributed by atoms with Crippen LogP contribution in [0.2, 0.25) is 0 Å². The molecule has 1 amide bonds. The van der Waals surface area contributed by atoms with Crippen molar-refractivity contribution in [2.75, 3.05) is 37.7 Å². The number of ether oxygens (including phenoxy) is 1. The van der Waals surface area contributed by atoms with Crippen LogP contribution < -0.4 is 9.64 Å². The molecule has 0 saturated carbocycles. The molecule has 0 unspecified atom stereocenters. The highest BCUT2D eigenvalue weighted by molar-refractivity contribution is 7.16. The fraction of sp³-hybridized carbons (Fsp3) is 0.381. The lowest BCUT2D eigenvalue weighted by molar-refractivity contribution is -0.133. The highest BCUT2D eigenvalue weighted by Gasteiger charge is 2.22. The lowest BCUT2D eigenvalue weighted by Gasteiger charge is -2.23. The second-order valence-electron chi connectivity index (χ2n) is 7.04. The average molecular weight is 397 g/mol. The number of aryl methyl sites for hydroxylation is 1. The maximum Gasteiger partial charge on any atom is 0.260 e. The number of aromatic nitrogens is 2. The second kappa shape index (κ2) is 8.14. The van der Waals surface area contributed by atoms with Crippen molar-refractivity contribution >= 4 is 33.3 Å². The maximum atomic E-state index is 12.7. The summed E-state index contributed by atoms with van der Waals surface area (Å²) in [4.78, 5) is 26.7. The van der Waals surface area contributed by atoms with Crippen LogP contribution in [0.15, 0.2) is 36.0 Å². The van der Waals surface area contributed by atoms with Crippen molar-refractivity contribution in [3.63, 3.8) is 0 Å². The van der Waals surface area contributed by atoms with E-state index in [9.17, 15) is 4.79 Å². The predicted molar refractivity (Wildman–Crippen MR) is 112 cm³/mol. The molecular weight excluding hydrogens is 372 g/mol. The summed E-state index contributed by atoms with van der Waals surface area (Å²) in [7, 11) is 0. The van der Waals surface area contributed by atoms with Gasteiger partial charge < -0.3 is 14.5 Å². The Morgan fingerprint density at radius 2 is 2.04 bits per heavy atom. The van der Waals surface area contributed by atoms with E-state index in [1.165, 1.54) is 5.56 Å². The van der Waals surface area contributed by atoms with Gasteiger partial charge in [0.25, 0.3) is 5.91 Å². The standard InChI is InChI=1S/C21H24N4O2S/c1-15-5-3-6-18(16(15)2)27-13-19(26)24-8-4-9-25(11-10-24)20-17-7-12-28-21(17)23-14-22-20/h3,5-7,12,14H,4,8-11,13H2,1-2H3. The summed E-state index contributed by atoms with van der Waals surface area (Å²) in [6.07, 6.45) is 2.53. The summed E-state index contributed by atoms with van der Waals surface area (Å²) in [5, 5.41) is 3.13. The van der Waals surface area contributed by atoms with Crippen LogP contribution in [-0.4, -0.2) is 53.6 Å². The number of benzene rings is 1. The Morgan fingerprint density at radius 3 is 2.93 bits per heavy atom. The molecule has 7 heteroatoms.